The van der Waals surface area contributed by atoms with E-state index in [1.54, 1.807) is 0 Å². The van der Waals surface area contributed by atoms with E-state index in [0.29, 0.717) is 19.4 Å². The molecule has 0 spiro atoms. The lowest BCUT2D eigenvalue weighted by molar-refractivity contribution is -0.120. The van der Waals surface area contributed by atoms with Gasteiger partial charge in [0.15, 0.2) is 0 Å². The van der Waals surface area contributed by atoms with Crippen molar-refractivity contribution < 1.29 is 9.90 Å². The quantitative estimate of drug-likeness (QED) is 0.846. The largest absolute Gasteiger partial charge is 0.393 e. The van der Waals surface area contributed by atoms with E-state index >= 15 is 0 Å². The molecule has 0 heterocycles. The summed E-state index contributed by atoms with van der Waals surface area (Å²) in [7, 11) is 0. The summed E-state index contributed by atoms with van der Waals surface area (Å²) in [4.78, 5) is 11.9. The Labute approximate surface area is 127 Å². The normalized spacial score (nSPS) is 15.6. The van der Waals surface area contributed by atoms with E-state index in [2.05, 4.69) is 23.5 Å². The number of aliphatic hydroxyl groups excluding tert-OH is 1. The maximum absolute atomic E-state index is 11.9. The highest BCUT2D eigenvalue weighted by molar-refractivity contribution is 5.78. The maximum atomic E-state index is 11.9. The first-order valence-corrected chi connectivity index (χ1v) is 8.11. The van der Waals surface area contributed by atoms with E-state index in [4.69, 9.17) is 0 Å². The second kappa shape index (κ2) is 7.60. The van der Waals surface area contributed by atoms with Gasteiger partial charge in [-0.15, -0.1) is 0 Å². The Morgan fingerprint density at radius 3 is 2.67 bits per heavy atom. The van der Waals surface area contributed by atoms with Gasteiger partial charge in [-0.3, -0.25) is 4.79 Å². The van der Waals surface area contributed by atoms with Gasteiger partial charge < -0.3 is 10.4 Å². The number of carbonyl (C=O) groups is 1. The van der Waals surface area contributed by atoms with Crippen LogP contribution >= 0.6 is 0 Å². The molecule has 0 aromatic heterocycles. The van der Waals surface area contributed by atoms with Crippen molar-refractivity contribution in [3.05, 3.63) is 34.9 Å². The number of rotatable bonds is 6. The molecule has 21 heavy (non-hydrogen) atoms. The van der Waals surface area contributed by atoms with Crippen molar-refractivity contribution in [2.45, 2.75) is 58.5 Å². The molecule has 2 rings (SSSR count). The minimum absolute atomic E-state index is 0.0433. The number of aliphatic hydroxyl groups is 1. The highest BCUT2D eigenvalue weighted by atomic mass is 16.3. The fourth-order valence-corrected chi connectivity index (χ4v) is 2.84. The van der Waals surface area contributed by atoms with E-state index in [-0.39, 0.29) is 17.9 Å². The summed E-state index contributed by atoms with van der Waals surface area (Å²) in [6.07, 6.45) is 5.58. The van der Waals surface area contributed by atoms with Crippen LogP contribution in [-0.2, 0) is 24.1 Å². The van der Waals surface area contributed by atoms with Gasteiger partial charge in [-0.1, -0.05) is 32.0 Å². The summed E-state index contributed by atoms with van der Waals surface area (Å²) in [5.74, 6) is 0.282. The zero-order chi connectivity index (χ0) is 15.2. The lowest BCUT2D eigenvalue weighted by atomic mass is 9.90. The summed E-state index contributed by atoms with van der Waals surface area (Å²) < 4.78 is 0. The minimum Gasteiger partial charge on any atom is -0.393 e. The van der Waals surface area contributed by atoms with Crippen molar-refractivity contribution >= 4 is 5.91 Å². The molecule has 1 aromatic carbocycles. The van der Waals surface area contributed by atoms with E-state index in [1.165, 1.54) is 30.4 Å². The van der Waals surface area contributed by atoms with Crippen molar-refractivity contribution in [2.24, 2.45) is 5.92 Å². The zero-order valence-corrected chi connectivity index (χ0v) is 13.2. The standard InChI is InChI=1S/C18H27NO2/c1-13(2)17(20)9-10-19-18(21)12-14-7-8-15-5-3-4-6-16(15)11-14/h7-8,11,13,17,20H,3-6,9-10,12H2,1-2H3,(H,19,21). The van der Waals surface area contributed by atoms with Crippen molar-refractivity contribution in [1.29, 1.82) is 0 Å². The van der Waals surface area contributed by atoms with Crippen LogP contribution in [0.2, 0.25) is 0 Å². The molecular weight excluding hydrogens is 262 g/mol. The van der Waals surface area contributed by atoms with Crippen LogP contribution in [0.5, 0.6) is 0 Å². The third-order valence-corrected chi connectivity index (χ3v) is 4.31. The maximum Gasteiger partial charge on any atom is 0.224 e. The molecule has 1 aromatic rings. The third-order valence-electron chi connectivity index (χ3n) is 4.31. The zero-order valence-electron chi connectivity index (χ0n) is 13.2. The second-order valence-electron chi connectivity index (χ2n) is 6.44. The van der Waals surface area contributed by atoms with Gasteiger partial charge in [0.2, 0.25) is 5.91 Å². The predicted molar refractivity (Wildman–Crippen MR) is 85.3 cm³/mol. The third kappa shape index (κ3) is 4.85. The van der Waals surface area contributed by atoms with Crippen LogP contribution in [-0.4, -0.2) is 23.7 Å². The Balaban J connectivity index is 1.80. The summed E-state index contributed by atoms with van der Waals surface area (Å²) in [6.45, 7) is 4.52. The van der Waals surface area contributed by atoms with Crippen LogP contribution < -0.4 is 5.32 Å². The van der Waals surface area contributed by atoms with E-state index in [0.717, 1.165) is 12.0 Å². The van der Waals surface area contributed by atoms with Gasteiger partial charge in [0.25, 0.3) is 0 Å². The SMILES string of the molecule is CC(C)C(O)CCNC(=O)Cc1ccc2c(c1)CCCC2. The molecule has 1 amide bonds. The van der Waals surface area contributed by atoms with Crippen LogP contribution in [0.25, 0.3) is 0 Å². The van der Waals surface area contributed by atoms with Crippen LogP contribution in [0.4, 0.5) is 0 Å². The molecule has 3 nitrogen and oxygen atoms in total. The van der Waals surface area contributed by atoms with Crippen LogP contribution in [0.1, 0.15) is 49.8 Å². The lowest BCUT2D eigenvalue weighted by Gasteiger charge is -2.17. The molecule has 1 atom stereocenters. The number of hydrogen-bond donors (Lipinski definition) is 2. The minimum atomic E-state index is -0.339. The van der Waals surface area contributed by atoms with Crippen LogP contribution in [0, 0.1) is 5.92 Å². The van der Waals surface area contributed by atoms with Gasteiger partial charge in [0.1, 0.15) is 0 Å². The Hall–Kier alpha value is -1.35. The van der Waals surface area contributed by atoms with E-state index in [1.807, 2.05) is 13.8 Å². The first-order valence-electron chi connectivity index (χ1n) is 8.11. The fourth-order valence-electron chi connectivity index (χ4n) is 2.84. The average Bonchev–Trinajstić information content (AvgIpc) is 2.46. The molecule has 0 bridgehead atoms. The molecule has 1 aliphatic carbocycles. The van der Waals surface area contributed by atoms with Gasteiger partial charge in [-0.25, -0.2) is 0 Å². The van der Waals surface area contributed by atoms with Crippen molar-refractivity contribution in [1.82, 2.24) is 5.32 Å². The monoisotopic (exact) mass is 289 g/mol. The smallest absolute Gasteiger partial charge is 0.224 e. The Morgan fingerprint density at radius 2 is 1.95 bits per heavy atom. The van der Waals surface area contributed by atoms with E-state index in [9.17, 15) is 9.90 Å². The topological polar surface area (TPSA) is 49.3 Å². The molecule has 2 N–H and O–H groups in total. The summed E-state index contributed by atoms with van der Waals surface area (Å²) in [5, 5.41) is 12.6. The molecule has 116 valence electrons. The van der Waals surface area contributed by atoms with Gasteiger partial charge >= 0.3 is 0 Å². The molecule has 0 radical (unpaired) electrons. The highest BCUT2D eigenvalue weighted by Crippen LogP contribution is 2.22. The summed E-state index contributed by atoms with van der Waals surface area (Å²) in [6, 6.07) is 6.45. The summed E-state index contributed by atoms with van der Waals surface area (Å²) in [5.41, 5.74) is 3.96. The summed E-state index contributed by atoms with van der Waals surface area (Å²) >= 11 is 0. The molecule has 3 heteroatoms. The van der Waals surface area contributed by atoms with Crippen molar-refractivity contribution in [2.75, 3.05) is 6.54 Å². The average molecular weight is 289 g/mol. The molecule has 1 unspecified atom stereocenters. The van der Waals surface area contributed by atoms with Crippen LogP contribution in [0.15, 0.2) is 18.2 Å². The van der Waals surface area contributed by atoms with Gasteiger partial charge in [0.05, 0.1) is 12.5 Å². The predicted octanol–water partition coefficient (Wildman–Crippen LogP) is 2.63. The molecule has 0 saturated heterocycles. The molecule has 1 aliphatic rings. The first kappa shape index (κ1) is 16.0. The van der Waals surface area contributed by atoms with Gasteiger partial charge in [-0.2, -0.15) is 0 Å². The number of carbonyl (C=O) groups excluding carboxylic acids is 1. The highest BCUT2D eigenvalue weighted by Gasteiger charge is 2.12. The molecule has 0 fully saturated rings. The second-order valence-corrected chi connectivity index (χ2v) is 6.44. The van der Waals surface area contributed by atoms with Crippen molar-refractivity contribution in [3.63, 3.8) is 0 Å². The van der Waals surface area contributed by atoms with Gasteiger partial charge in [-0.05, 0) is 54.7 Å². The fraction of sp³-hybridized carbons (Fsp3) is 0.611. The number of fused-ring (bicyclic) bond motifs is 1. The molecule has 0 saturated carbocycles. The number of benzene rings is 1. The first-order chi connectivity index (χ1) is 10.1. The Morgan fingerprint density at radius 1 is 1.24 bits per heavy atom. The van der Waals surface area contributed by atoms with E-state index < -0.39 is 0 Å². The van der Waals surface area contributed by atoms with Gasteiger partial charge in [0, 0.05) is 6.54 Å². The number of amides is 1. The number of hydrogen-bond acceptors (Lipinski definition) is 2. The molecular formula is C18H27NO2. The molecule has 0 aliphatic heterocycles. The lowest BCUT2D eigenvalue weighted by Crippen LogP contribution is -2.29. The Kier molecular flexibility index (Phi) is 5.80. The van der Waals surface area contributed by atoms with Crippen molar-refractivity contribution in [3.8, 4) is 0 Å². The number of nitrogens with one attached hydrogen (secondary N) is 1. The Bertz CT molecular complexity index is 482. The van der Waals surface area contributed by atoms with Crippen LogP contribution in [0.3, 0.4) is 0 Å². The number of aryl methyl sites for hydroxylation is 2.